The molecule has 2 N–H and O–H groups in total. The van der Waals surface area contributed by atoms with Crippen LogP contribution in [0, 0.1) is 28.6 Å². The predicted octanol–water partition coefficient (Wildman–Crippen LogP) is 3.27. The van der Waals surface area contributed by atoms with Crippen LogP contribution in [0.4, 0.5) is 4.39 Å². The summed E-state index contributed by atoms with van der Waals surface area (Å²) in [6.45, 7) is 5.19. The average molecular weight is 518 g/mol. The molecule has 0 unspecified atom stereocenters. The van der Waals surface area contributed by atoms with Crippen molar-refractivity contribution in [2.24, 2.45) is 28.6 Å². The van der Waals surface area contributed by atoms with Gasteiger partial charge >= 0.3 is 0 Å². The second kappa shape index (κ2) is 6.68. The largest absolute Gasteiger partial charge is 0.390 e. The van der Waals surface area contributed by atoms with Gasteiger partial charge < -0.3 is 13.3 Å². The van der Waals surface area contributed by atoms with Crippen LogP contribution in [-0.2, 0) is 12.7 Å². The summed E-state index contributed by atoms with van der Waals surface area (Å²) in [4.78, 5) is 24.8. The monoisotopic (exact) mass is 518 g/mol. The van der Waals surface area contributed by atoms with Crippen LogP contribution in [0.2, 0.25) is 0 Å². The van der Waals surface area contributed by atoms with Crippen LogP contribution in [0.1, 0.15) is 46.5 Å². The molecule has 3 fully saturated rings. The smallest absolute Gasteiger partial charge is 0.191 e. The van der Waals surface area contributed by atoms with Crippen molar-refractivity contribution in [1.29, 1.82) is 0 Å². The number of aliphatic hydroxyl groups is 2. The van der Waals surface area contributed by atoms with Gasteiger partial charge in [0, 0.05) is 16.7 Å². The fourth-order valence-corrected chi connectivity index (χ4v) is 7.58. The van der Waals surface area contributed by atoms with Crippen LogP contribution in [-0.4, -0.2) is 45.8 Å². The Labute approximate surface area is 184 Å². The van der Waals surface area contributed by atoms with Crippen molar-refractivity contribution < 1.29 is 27.3 Å². The third kappa shape index (κ3) is 2.47. The van der Waals surface area contributed by atoms with E-state index in [1.54, 1.807) is 36.0 Å². The molecule has 7 heteroatoms. The summed E-state index contributed by atoms with van der Waals surface area (Å²) in [7, 11) is 0. The van der Waals surface area contributed by atoms with Gasteiger partial charge in [0.15, 0.2) is 17.2 Å². The molecule has 5 nitrogen and oxygen atoms in total. The number of carbonyl (C=O) groups is 2. The Kier molecular flexibility index (Phi) is 4.97. The molecular weight excluding hydrogens is 490 g/mol. The number of carbonyl (C=O) groups excluding carboxylic acids is 2. The fourth-order valence-electron chi connectivity index (χ4n) is 7.30. The highest BCUT2D eigenvalue weighted by Gasteiger charge is 2.75. The molecule has 160 valence electrons. The van der Waals surface area contributed by atoms with Crippen LogP contribution < -0.4 is 0 Å². The zero-order valence-corrected chi connectivity index (χ0v) is 19.1. The number of rotatable bonds is 3. The summed E-state index contributed by atoms with van der Waals surface area (Å²) < 4.78 is 21.9. The van der Waals surface area contributed by atoms with E-state index in [1.165, 1.54) is 12.2 Å². The highest BCUT2D eigenvalue weighted by Crippen LogP contribution is 2.70. The topological polar surface area (TPSA) is 83.8 Å². The number of hydrogen-bond acceptors (Lipinski definition) is 5. The molecule has 4 rings (SSSR count). The Balaban J connectivity index is 1.81. The van der Waals surface area contributed by atoms with Gasteiger partial charge in [0.2, 0.25) is 0 Å². The van der Waals surface area contributed by atoms with Gasteiger partial charge in [-0.15, -0.1) is 0 Å². The van der Waals surface area contributed by atoms with Crippen LogP contribution in [0.3, 0.4) is 0 Å². The number of alkyl halides is 1. The molecule has 8 atom stereocenters. The van der Waals surface area contributed by atoms with Gasteiger partial charge in [-0.3, -0.25) is 9.59 Å². The van der Waals surface area contributed by atoms with Crippen molar-refractivity contribution in [3.8, 4) is 0 Å². The Morgan fingerprint density at radius 1 is 1.38 bits per heavy atom. The van der Waals surface area contributed by atoms with Crippen LogP contribution in [0.5, 0.6) is 0 Å². The molecule has 3 saturated carbocycles. The van der Waals surface area contributed by atoms with Crippen molar-refractivity contribution in [2.45, 2.75) is 63.8 Å². The number of aliphatic hydroxyl groups excluding tert-OH is 1. The molecule has 0 amide bonds. The normalized spacial score (nSPS) is 51.1. The van der Waals surface area contributed by atoms with Crippen LogP contribution >= 0.6 is 23.0 Å². The van der Waals surface area contributed by atoms with E-state index in [-0.39, 0.29) is 30.6 Å². The maximum Gasteiger partial charge on any atom is 0.191 e. The van der Waals surface area contributed by atoms with E-state index in [0.29, 0.717) is 19.3 Å². The molecule has 0 bridgehead atoms. The minimum Gasteiger partial charge on any atom is -0.390 e. The summed E-state index contributed by atoms with van der Waals surface area (Å²) in [5, 5.41) is 22.8. The van der Waals surface area contributed by atoms with Gasteiger partial charge in [0.1, 0.15) is 35.2 Å². The predicted molar refractivity (Wildman–Crippen MR) is 113 cm³/mol. The molecule has 0 aliphatic heterocycles. The molecule has 0 radical (unpaired) electrons. The number of hydrogen-bond donors (Lipinski definition) is 2. The fraction of sp³-hybridized carbons (Fsp3) is 0.727. The quantitative estimate of drug-likeness (QED) is 0.561. The molecule has 0 aromatic carbocycles. The zero-order chi connectivity index (χ0) is 21.4. The van der Waals surface area contributed by atoms with Crippen LogP contribution in [0.25, 0.3) is 0 Å². The van der Waals surface area contributed by atoms with Crippen molar-refractivity contribution in [1.82, 2.24) is 0 Å². The lowest BCUT2D eigenvalue weighted by Gasteiger charge is -2.62. The third-order valence-corrected chi connectivity index (χ3v) is 9.14. The van der Waals surface area contributed by atoms with Crippen molar-refractivity contribution in [3.05, 3.63) is 23.8 Å². The van der Waals surface area contributed by atoms with Gasteiger partial charge in [0.05, 0.1) is 6.10 Å². The van der Waals surface area contributed by atoms with Gasteiger partial charge in [-0.1, -0.05) is 25.5 Å². The lowest BCUT2D eigenvalue weighted by molar-refractivity contribution is -0.219. The first-order chi connectivity index (χ1) is 13.5. The highest BCUT2D eigenvalue weighted by molar-refractivity contribution is 14.1. The number of allylic oxidation sites excluding steroid dienone is 4. The molecule has 0 aromatic heterocycles. The Morgan fingerprint density at radius 2 is 2.07 bits per heavy atom. The van der Waals surface area contributed by atoms with E-state index in [4.69, 9.17) is 3.07 Å². The van der Waals surface area contributed by atoms with E-state index in [2.05, 4.69) is 0 Å². The summed E-state index contributed by atoms with van der Waals surface area (Å²) in [5.74, 6) is -1.68. The zero-order valence-electron chi connectivity index (χ0n) is 17.0. The molecule has 4 aliphatic carbocycles. The second-order valence-electron chi connectivity index (χ2n) is 9.84. The van der Waals surface area contributed by atoms with E-state index < -0.39 is 39.9 Å². The molecule has 4 aliphatic rings. The van der Waals surface area contributed by atoms with Gasteiger partial charge in [-0.05, 0) is 56.6 Å². The summed E-state index contributed by atoms with van der Waals surface area (Å²) in [6.07, 6.45) is 4.71. The molecule has 0 spiro atoms. The van der Waals surface area contributed by atoms with E-state index in [1.807, 2.05) is 13.8 Å². The summed E-state index contributed by atoms with van der Waals surface area (Å²) in [6, 6.07) is 0. The van der Waals surface area contributed by atoms with Crippen LogP contribution in [0.15, 0.2) is 23.8 Å². The lowest BCUT2D eigenvalue weighted by Crippen LogP contribution is -2.69. The Bertz CT molecular complexity index is 826. The number of halogens is 2. The number of ketones is 2. The summed E-state index contributed by atoms with van der Waals surface area (Å²) in [5.41, 5.74) is -4.90. The maximum absolute atomic E-state index is 16.9. The maximum atomic E-state index is 16.9. The van der Waals surface area contributed by atoms with Crippen molar-refractivity contribution in [2.75, 3.05) is 6.61 Å². The van der Waals surface area contributed by atoms with E-state index >= 15 is 4.39 Å². The van der Waals surface area contributed by atoms with Gasteiger partial charge in [-0.25, -0.2) is 4.39 Å². The molecule has 0 aromatic rings. The second-order valence-corrected chi connectivity index (χ2v) is 10.5. The lowest BCUT2D eigenvalue weighted by atomic mass is 9.44. The van der Waals surface area contributed by atoms with Crippen molar-refractivity contribution >= 4 is 34.6 Å². The minimum atomic E-state index is -1.95. The molecule has 29 heavy (non-hydrogen) atoms. The number of fused-ring (bicyclic) bond motifs is 5. The van der Waals surface area contributed by atoms with E-state index in [0.717, 1.165) is 5.57 Å². The van der Waals surface area contributed by atoms with Gasteiger partial charge in [-0.2, -0.15) is 0 Å². The Morgan fingerprint density at radius 3 is 2.72 bits per heavy atom. The standard InChI is InChI=1S/C22H28FIO5/c1-12-8-16-15-5-4-13-9-14(25)6-7-19(13,2)21(15,23)17(26)10-20(16,3)22(12,28)18(27)11-29-24/h6-7,9,12,15-17,26,28H,4-5,8,10-11H2,1-3H3/t12-,15+,16+,17+,19+,20+,21+,22+/m1/s1. The average Bonchev–Trinajstić information content (AvgIpc) is 2.85. The Hall–Kier alpha value is -0.640. The molecule has 0 heterocycles. The first-order valence-corrected chi connectivity index (χ1v) is 11.1. The van der Waals surface area contributed by atoms with Gasteiger partial charge in [0.25, 0.3) is 0 Å². The molecule has 0 saturated heterocycles. The highest BCUT2D eigenvalue weighted by atomic mass is 127. The summed E-state index contributed by atoms with van der Waals surface area (Å²) >= 11 is 1.63. The first-order valence-electron chi connectivity index (χ1n) is 10.3. The molecular formula is C22H28FIO5. The number of Topliss-reactive ketones (excluding diaryl/α,β-unsaturated/α-hetero) is 1. The third-order valence-electron chi connectivity index (χ3n) is 8.83. The van der Waals surface area contributed by atoms with E-state index in [9.17, 15) is 19.8 Å². The minimum absolute atomic E-state index is 0.0108. The first kappa shape index (κ1) is 21.6. The van der Waals surface area contributed by atoms with Crippen molar-refractivity contribution in [3.63, 3.8) is 0 Å². The SMILES string of the molecule is C[C@@H]1C[C@H]2[C@@H]3CCC4=CC(=O)C=C[C@]4(C)[C@@]3(F)[C@@H](O)C[C@]2(C)[C@@]1(O)C(=O)COI.